The third kappa shape index (κ3) is 2.58. The smallest absolute Gasteiger partial charge is 0.275 e. The van der Waals surface area contributed by atoms with E-state index in [2.05, 4.69) is 10.3 Å². The zero-order chi connectivity index (χ0) is 14.8. The lowest BCUT2D eigenvalue weighted by Gasteiger charge is -2.04. The lowest BCUT2D eigenvalue weighted by atomic mass is 10.1. The summed E-state index contributed by atoms with van der Waals surface area (Å²) in [6.45, 7) is 1.95. The fraction of sp³-hybridized carbons (Fsp3) is 0.125. The molecule has 0 atom stereocenters. The van der Waals surface area contributed by atoms with E-state index in [-0.39, 0.29) is 5.91 Å². The van der Waals surface area contributed by atoms with Crippen molar-refractivity contribution in [1.29, 1.82) is 0 Å². The third-order valence-electron chi connectivity index (χ3n) is 3.17. The number of aryl methyl sites for hydroxylation is 1. The van der Waals surface area contributed by atoms with Crippen molar-refractivity contribution in [3.63, 3.8) is 0 Å². The van der Waals surface area contributed by atoms with Gasteiger partial charge in [0.1, 0.15) is 11.4 Å². The van der Waals surface area contributed by atoms with Crippen LogP contribution in [0.15, 0.2) is 51.7 Å². The largest absolute Gasteiger partial charge is 0.496 e. The molecule has 0 bridgehead atoms. The van der Waals surface area contributed by atoms with Gasteiger partial charge in [0, 0.05) is 0 Å². The lowest BCUT2D eigenvalue weighted by molar-refractivity contribution is -0.115. The zero-order valence-electron chi connectivity index (χ0n) is 11.7. The normalized spacial score (nSPS) is 16.0. The van der Waals surface area contributed by atoms with Crippen LogP contribution in [-0.2, 0) is 4.79 Å². The molecule has 0 radical (unpaired) electrons. The van der Waals surface area contributed by atoms with Crippen LogP contribution in [0.4, 0.5) is 0 Å². The Kier molecular flexibility index (Phi) is 3.31. The van der Waals surface area contributed by atoms with Gasteiger partial charge < -0.3 is 14.5 Å². The molecule has 1 aromatic carbocycles. The molecule has 2 heterocycles. The number of carbonyl (C=O) groups is 1. The number of rotatable bonds is 3. The van der Waals surface area contributed by atoms with Crippen LogP contribution in [0.2, 0.25) is 0 Å². The number of nitrogens with zero attached hydrogens (tertiary/aromatic N) is 1. The van der Waals surface area contributed by atoms with Crippen LogP contribution in [0.5, 0.6) is 5.75 Å². The predicted molar refractivity (Wildman–Crippen MR) is 79.1 cm³/mol. The average Bonchev–Trinajstić information content (AvgIpc) is 3.10. The molecule has 1 aromatic heterocycles. The van der Waals surface area contributed by atoms with Crippen LogP contribution in [0.3, 0.4) is 0 Å². The van der Waals surface area contributed by atoms with Crippen LogP contribution in [-0.4, -0.2) is 18.9 Å². The van der Waals surface area contributed by atoms with Crippen molar-refractivity contribution >= 4 is 17.8 Å². The second kappa shape index (κ2) is 5.28. The number of methoxy groups -OCH3 is 1. The number of amidine groups is 1. The van der Waals surface area contributed by atoms with Crippen molar-refractivity contribution in [2.75, 3.05) is 7.11 Å². The Morgan fingerprint density at radius 2 is 2.19 bits per heavy atom. The summed E-state index contributed by atoms with van der Waals surface area (Å²) in [6, 6.07) is 9.19. The Balaban J connectivity index is 1.92. The van der Waals surface area contributed by atoms with Crippen molar-refractivity contribution in [3.8, 4) is 5.75 Å². The van der Waals surface area contributed by atoms with E-state index in [1.165, 1.54) is 0 Å². The van der Waals surface area contributed by atoms with Crippen molar-refractivity contribution in [2.24, 2.45) is 4.99 Å². The van der Waals surface area contributed by atoms with Crippen LogP contribution in [0, 0.1) is 6.92 Å². The van der Waals surface area contributed by atoms with Gasteiger partial charge in [0.25, 0.3) is 5.91 Å². The first-order valence-corrected chi connectivity index (χ1v) is 6.47. The molecule has 3 rings (SSSR count). The van der Waals surface area contributed by atoms with E-state index >= 15 is 0 Å². The van der Waals surface area contributed by atoms with Crippen molar-refractivity contribution < 1.29 is 13.9 Å². The van der Waals surface area contributed by atoms with Gasteiger partial charge in [-0.15, -0.1) is 0 Å². The number of hydrogen-bond acceptors (Lipinski definition) is 4. The number of carbonyl (C=O) groups excluding carboxylic acids is 1. The maximum atomic E-state index is 11.9. The molecule has 2 aromatic rings. The molecule has 1 aliphatic rings. The van der Waals surface area contributed by atoms with Crippen molar-refractivity contribution in [3.05, 3.63) is 59.2 Å². The Bertz CT molecular complexity index is 743. The predicted octanol–water partition coefficient (Wildman–Crippen LogP) is 2.51. The van der Waals surface area contributed by atoms with Crippen molar-refractivity contribution in [2.45, 2.75) is 6.92 Å². The fourth-order valence-electron chi connectivity index (χ4n) is 2.15. The van der Waals surface area contributed by atoms with Gasteiger partial charge in [0.15, 0.2) is 11.6 Å². The van der Waals surface area contributed by atoms with E-state index in [0.717, 1.165) is 16.9 Å². The molecule has 5 nitrogen and oxygen atoms in total. The first-order chi connectivity index (χ1) is 10.2. The highest BCUT2D eigenvalue weighted by Crippen LogP contribution is 2.21. The Labute approximate surface area is 121 Å². The van der Waals surface area contributed by atoms with E-state index in [4.69, 9.17) is 9.15 Å². The summed E-state index contributed by atoms with van der Waals surface area (Å²) in [4.78, 5) is 16.2. The van der Waals surface area contributed by atoms with E-state index in [0.29, 0.717) is 17.3 Å². The topological polar surface area (TPSA) is 63.8 Å². The molecule has 0 saturated carbocycles. The minimum absolute atomic E-state index is 0.241. The van der Waals surface area contributed by atoms with E-state index in [1.54, 1.807) is 31.6 Å². The summed E-state index contributed by atoms with van der Waals surface area (Å²) in [7, 11) is 1.63. The molecular weight excluding hydrogens is 268 g/mol. The van der Waals surface area contributed by atoms with Crippen LogP contribution >= 0.6 is 0 Å². The number of aliphatic imine (C=N–C) groups is 1. The minimum atomic E-state index is -0.241. The molecule has 106 valence electrons. The van der Waals surface area contributed by atoms with Gasteiger partial charge in [-0.2, -0.15) is 0 Å². The van der Waals surface area contributed by atoms with E-state index < -0.39 is 0 Å². The molecule has 1 amide bonds. The van der Waals surface area contributed by atoms with Gasteiger partial charge in [-0.25, -0.2) is 4.99 Å². The summed E-state index contributed by atoms with van der Waals surface area (Å²) in [5, 5.41) is 2.69. The molecular formula is C16H14N2O3. The number of benzene rings is 1. The van der Waals surface area contributed by atoms with Crippen LogP contribution in [0.25, 0.3) is 6.08 Å². The van der Waals surface area contributed by atoms with Gasteiger partial charge in [0.05, 0.1) is 13.4 Å². The maximum absolute atomic E-state index is 11.9. The molecule has 1 aliphatic heterocycles. The number of ether oxygens (including phenoxy) is 1. The quantitative estimate of drug-likeness (QED) is 0.880. The molecule has 0 spiro atoms. The monoisotopic (exact) mass is 282 g/mol. The van der Waals surface area contributed by atoms with Gasteiger partial charge in [0.2, 0.25) is 0 Å². The summed E-state index contributed by atoms with van der Waals surface area (Å²) >= 11 is 0. The molecule has 0 unspecified atom stereocenters. The van der Waals surface area contributed by atoms with Gasteiger partial charge in [-0.3, -0.25) is 4.79 Å². The summed E-state index contributed by atoms with van der Waals surface area (Å²) < 4.78 is 10.4. The molecule has 1 N–H and O–H groups in total. The number of furan rings is 1. The number of nitrogens with one attached hydrogen (secondary N) is 1. The second-order valence-electron chi connectivity index (χ2n) is 4.65. The Morgan fingerprint density at radius 1 is 1.33 bits per heavy atom. The Morgan fingerprint density at radius 3 is 2.86 bits per heavy atom. The van der Waals surface area contributed by atoms with Crippen LogP contribution < -0.4 is 10.1 Å². The number of amides is 1. The fourth-order valence-corrected chi connectivity index (χ4v) is 2.15. The Hall–Kier alpha value is -2.82. The third-order valence-corrected chi connectivity index (χ3v) is 3.17. The molecule has 0 saturated heterocycles. The SMILES string of the molecule is COc1ccc(/C=C2/N=C(c3ccco3)NC2=O)cc1C. The molecule has 0 fully saturated rings. The summed E-state index contributed by atoms with van der Waals surface area (Å²) in [5.74, 6) is 1.54. The van der Waals surface area contributed by atoms with Gasteiger partial charge >= 0.3 is 0 Å². The standard InChI is InChI=1S/C16H14N2O3/c1-10-8-11(5-6-13(10)20-2)9-12-16(19)18-15(17-12)14-4-3-7-21-14/h3-9H,1-2H3,(H,17,18,19)/b12-9+. The van der Waals surface area contributed by atoms with Crippen LogP contribution in [0.1, 0.15) is 16.9 Å². The highest BCUT2D eigenvalue weighted by atomic mass is 16.5. The lowest BCUT2D eigenvalue weighted by Crippen LogP contribution is -2.24. The van der Waals surface area contributed by atoms with Gasteiger partial charge in [-0.05, 0) is 48.4 Å². The van der Waals surface area contributed by atoms with Gasteiger partial charge in [-0.1, -0.05) is 6.07 Å². The van der Waals surface area contributed by atoms with Crippen molar-refractivity contribution in [1.82, 2.24) is 5.32 Å². The average molecular weight is 282 g/mol. The second-order valence-corrected chi connectivity index (χ2v) is 4.65. The first-order valence-electron chi connectivity index (χ1n) is 6.47. The highest BCUT2D eigenvalue weighted by Gasteiger charge is 2.22. The molecule has 5 heteroatoms. The summed E-state index contributed by atoms with van der Waals surface area (Å²) in [6.07, 6.45) is 3.27. The molecule has 21 heavy (non-hydrogen) atoms. The molecule has 0 aliphatic carbocycles. The maximum Gasteiger partial charge on any atom is 0.275 e. The minimum Gasteiger partial charge on any atom is -0.496 e. The first kappa shape index (κ1) is 13.2. The van der Waals surface area contributed by atoms with E-state index in [9.17, 15) is 4.79 Å². The highest BCUT2D eigenvalue weighted by molar-refractivity contribution is 6.18. The zero-order valence-corrected chi connectivity index (χ0v) is 11.7. The summed E-state index contributed by atoms with van der Waals surface area (Å²) in [5.41, 5.74) is 2.24. The van der Waals surface area contributed by atoms with E-state index in [1.807, 2.05) is 25.1 Å². The number of hydrogen-bond donors (Lipinski definition) is 1.